The Kier molecular flexibility index (Phi) is 5.64. The van der Waals surface area contributed by atoms with E-state index in [1.807, 2.05) is 12.1 Å². The van der Waals surface area contributed by atoms with Gasteiger partial charge in [-0.15, -0.1) is 0 Å². The van der Waals surface area contributed by atoms with E-state index in [1.165, 1.54) is 5.56 Å². The molecule has 0 spiro atoms. The normalized spacial score (nSPS) is 16.7. The average Bonchev–Trinajstić information content (AvgIpc) is 3.11. The number of rotatable bonds is 6. The molecule has 4 rings (SSSR count). The summed E-state index contributed by atoms with van der Waals surface area (Å²) in [4.78, 5) is 16.7. The number of phenols is 1. The van der Waals surface area contributed by atoms with Crippen LogP contribution in [0.3, 0.4) is 0 Å². The molecule has 1 aromatic carbocycles. The van der Waals surface area contributed by atoms with E-state index < -0.39 is 0 Å². The third-order valence-corrected chi connectivity index (χ3v) is 5.35. The second kappa shape index (κ2) is 8.32. The number of nitrogens with zero attached hydrogens (tertiary/aromatic N) is 5. The number of benzene rings is 1. The summed E-state index contributed by atoms with van der Waals surface area (Å²) in [6.45, 7) is 6.04. The van der Waals surface area contributed by atoms with Crippen molar-refractivity contribution in [1.82, 2.24) is 14.9 Å². The first-order valence-electron chi connectivity index (χ1n) is 10.0. The molecule has 7 heteroatoms. The van der Waals surface area contributed by atoms with E-state index in [0.717, 1.165) is 68.6 Å². The molecule has 0 radical (unpaired) electrons. The SMILES string of the molecule is CN(C)CCCN1CCc2c(-c3cccc(O)c3)nc(N3CCOCC3)nc21. The van der Waals surface area contributed by atoms with Crippen LogP contribution in [0.25, 0.3) is 11.3 Å². The number of ether oxygens (including phenoxy) is 1. The number of hydrogen-bond acceptors (Lipinski definition) is 7. The highest BCUT2D eigenvalue weighted by Gasteiger charge is 2.28. The minimum absolute atomic E-state index is 0.263. The molecule has 7 nitrogen and oxygen atoms in total. The van der Waals surface area contributed by atoms with Gasteiger partial charge in [0.25, 0.3) is 0 Å². The molecule has 0 amide bonds. The quantitative estimate of drug-likeness (QED) is 0.818. The number of fused-ring (bicyclic) bond motifs is 1. The van der Waals surface area contributed by atoms with Crippen molar-refractivity contribution in [2.45, 2.75) is 12.8 Å². The van der Waals surface area contributed by atoms with E-state index in [-0.39, 0.29) is 5.75 Å². The molecule has 0 unspecified atom stereocenters. The van der Waals surface area contributed by atoms with Gasteiger partial charge in [-0.2, -0.15) is 4.98 Å². The number of phenolic OH excluding ortho intramolecular Hbond substituents is 1. The van der Waals surface area contributed by atoms with Crippen molar-refractivity contribution in [2.75, 3.05) is 69.8 Å². The molecule has 0 bridgehead atoms. The van der Waals surface area contributed by atoms with Crippen molar-refractivity contribution >= 4 is 11.8 Å². The fraction of sp³-hybridized carbons (Fsp3) is 0.524. The zero-order valence-corrected chi connectivity index (χ0v) is 16.8. The van der Waals surface area contributed by atoms with Gasteiger partial charge in [0.15, 0.2) is 0 Å². The van der Waals surface area contributed by atoms with Crippen LogP contribution in [-0.4, -0.2) is 80.0 Å². The summed E-state index contributed by atoms with van der Waals surface area (Å²) in [5.41, 5.74) is 3.08. The molecule has 0 saturated carbocycles. The van der Waals surface area contributed by atoms with Crippen LogP contribution in [0.15, 0.2) is 24.3 Å². The number of hydrogen-bond donors (Lipinski definition) is 1. The Morgan fingerprint density at radius 3 is 2.71 bits per heavy atom. The lowest BCUT2D eigenvalue weighted by molar-refractivity contribution is 0.122. The fourth-order valence-electron chi connectivity index (χ4n) is 3.90. The van der Waals surface area contributed by atoms with Gasteiger partial charge < -0.3 is 24.5 Å². The van der Waals surface area contributed by atoms with Crippen LogP contribution in [-0.2, 0) is 11.2 Å². The highest BCUT2D eigenvalue weighted by Crippen LogP contribution is 2.36. The highest BCUT2D eigenvalue weighted by atomic mass is 16.5. The minimum Gasteiger partial charge on any atom is -0.508 e. The third-order valence-electron chi connectivity index (χ3n) is 5.35. The molecule has 2 aliphatic heterocycles. The molecule has 1 fully saturated rings. The predicted molar refractivity (Wildman–Crippen MR) is 111 cm³/mol. The van der Waals surface area contributed by atoms with Gasteiger partial charge in [0.05, 0.1) is 18.9 Å². The number of aromatic nitrogens is 2. The summed E-state index contributed by atoms with van der Waals surface area (Å²) in [5, 5.41) is 9.98. The summed E-state index contributed by atoms with van der Waals surface area (Å²) in [6, 6.07) is 7.37. The molecule has 2 aromatic rings. The van der Waals surface area contributed by atoms with Crippen LogP contribution >= 0.6 is 0 Å². The Bertz CT molecular complexity index is 820. The van der Waals surface area contributed by atoms with Crippen molar-refractivity contribution in [1.29, 1.82) is 0 Å². The van der Waals surface area contributed by atoms with Crippen molar-refractivity contribution in [2.24, 2.45) is 0 Å². The van der Waals surface area contributed by atoms with Crippen LogP contribution in [0.4, 0.5) is 11.8 Å². The molecule has 3 heterocycles. The molecule has 1 N–H and O–H groups in total. The lowest BCUT2D eigenvalue weighted by Crippen LogP contribution is -2.37. The first-order chi connectivity index (χ1) is 13.6. The molecule has 1 aromatic heterocycles. The topological polar surface area (TPSA) is 65.0 Å². The van der Waals surface area contributed by atoms with Crippen molar-refractivity contribution in [3.63, 3.8) is 0 Å². The Morgan fingerprint density at radius 1 is 1.14 bits per heavy atom. The van der Waals surface area contributed by atoms with Crippen molar-refractivity contribution < 1.29 is 9.84 Å². The second-order valence-electron chi connectivity index (χ2n) is 7.72. The lowest BCUT2D eigenvalue weighted by Gasteiger charge is -2.28. The van der Waals surface area contributed by atoms with Gasteiger partial charge in [0.1, 0.15) is 11.6 Å². The smallest absolute Gasteiger partial charge is 0.228 e. The van der Waals surface area contributed by atoms with Crippen LogP contribution in [0.5, 0.6) is 5.75 Å². The maximum atomic E-state index is 9.98. The zero-order chi connectivity index (χ0) is 19.5. The minimum atomic E-state index is 0.263. The van der Waals surface area contributed by atoms with E-state index in [4.69, 9.17) is 14.7 Å². The largest absolute Gasteiger partial charge is 0.508 e. The predicted octanol–water partition coefficient (Wildman–Crippen LogP) is 2.00. The van der Waals surface area contributed by atoms with Gasteiger partial charge in [-0.05, 0) is 45.6 Å². The second-order valence-corrected chi connectivity index (χ2v) is 7.72. The van der Waals surface area contributed by atoms with E-state index in [2.05, 4.69) is 28.8 Å². The fourth-order valence-corrected chi connectivity index (χ4v) is 3.90. The molecular formula is C21H29N5O2. The number of morpholine rings is 1. The van der Waals surface area contributed by atoms with Gasteiger partial charge in [-0.25, -0.2) is 4.98 Å². The molecular weight excluding hydrogens is 354 g/mol. The Labute approximate surface area is 166 Å². The van der Waals surface area contributed by atoms with E-state index in [1.54, 1.807) is 12.1 Å². The summed E-state index contributed by atoms with van der Waals surface area (Å²) in [7, 11) is 4.22. The maximum absolute atomic E-state index is 9.98. The summed E-state index contributed by atoms with van der Waals surface area (Å²) in [5.74, 6) is 2.08. The van der Waals surface area contributed by atoms with Gasteiger partial charge in [0.2, 0.25) is 5.95 Å². The third kappa shape index (κ3) is 4.05. The Balaban J connectivity index is 1.70. The molecule has 28 heavy (non-hydrogen) atoms. The standard InChI is InChI=1S/C21H29N5O2/c1-24(2)8-4-9-25-10-7-18-19(16-5-3-6-17(27)15-16)22-21(23-20(18)25)26-11-13-28-14-12-26/h3,5-6,15,27H,4,7-14H2,1-2H3. The lowest BCUT2D eigenvalue weighted by atomic mass is 10.1. The van der Waals surface area contributed by atoms with Crippen LogP contribution in [0.1, 0.15) is 12.0 Å². The zero-order valence-electron chi connectivity index (χ0n) is 16.8. The number of anilines is 2. The van der Waals surface area contributed by atoms with Gasteiger partial charge in [0, 0.05) is 37.3 Å². The average molecular weight is 383 g/mol. The molecule has 2 aliphatic rings. The summed E-state index contributed by atoms with van der Waals surface area (Å²) in [6.07, 6.45) is 2.04. The van der Waals surface area contributed by atoms with Crippen molar-refractivity contribution in [3.8, 4) is 17.0 Å². The van der Waals surface area contributed by atoms with Crippen LogP contribution in [0, 0.1) is 0 Å². The van der Waals surface area contributed by atoms with E-state index in [0.29, 0.717) is 13.2 Å². The molecule has 0 atom stereocenters. The maximum Gasteiger partial charge on any atom is 0.228 e. The highest BCUT2D eigenvalue weighted by molar-refractivity contribution is 5.73. The summed E-state index contributed by atoms with van der Waals surface area (Å²) >= 11 is 0. The van der Waals surface area contributed by atoms with Crippen LogP contribution in [0.2, 0.25) is 0 Å². The van der Waals surface area contributed by atoms with Gasteiger partial charge in [-0.1, -0.05) is 12.1 Å². The molecule has 1 saturated heterocycles. The van der Waals surface area contributed by atoms with Crippen LogP contribution < -0.4 is 9.80 Å². The monoisotopic (exact) mass is 383 g/mol. The Morgan fingerprint density at radius 2 is 1.96 bits per heavy atom. The van der Waals surface area contributed by atoms with Crippen molar-refractivity contribution in [3.05, 3.63) is 29.8 Å². The first-order valence-corrected chi connectivity index (χ1v) is 10.0. The van der Waals surface area contributed by atoms with Gasteiger partial charge in [-0.3, -0.25) is 0 Å². The molecule has 0 aliphatic carbocycles. The van der Waals surface area contributed by atoms with E-state index >= 15 is 0 Å². The first kappa shape index (κ1) is 19.0. The summed E-state index contributed by atoms with van der Waals surface area (Å²) < 4.78 is 5.50. The molecule has 150 valence electrons. The van der Waals surface area contributed by atoms with Gasteiger partial charge >= 0.3 is 0 Å². The number of aromatic hydroxyl groups is 1. The Hall–Kier alpha value is -2.38. The van der Waals surface area contributed by atoms with E-state index in [9.17, 15) is 5.11 Å².